The summed E-state index contributed by atoms with van der Waals surface area (Å²) >= 11 is 0. The predicted octanol–water partition coefficient (Wildman–Crippen LogP) is 2.66. The van der Waals surface area contributed by atoms with Gasteiger partial charge in [-0.15, -0.1) is 0 Å². The maximum atomic E-state index is 11.3. The monoisotopic (exact) mass is 350 g/mol. The lowest BCUT2D eigenvalue weighted by Crippen LogP contribution is -2.35. The van der Waals surface area contributed by atoms with E-state index in [4.69, 9.17) is 4.74 Å². The first-order valence-electron chi connectivity index (χ1n) is 8.62. The van der Waals surface area contributed by atoms with E-state index in [1.54, 1.807) is 19.2 Å². The highest BCUT2D eigenvalue weighted by atomic mass is 16.5. The Bertz CT molecular complexity index is 829. The third-order valence-electron chi connectivity index (χ3n) is 4.33. The van der Waals surface area contributed by atoms with Crippen molar-refractivity contribution >= 4 is 11.7 Å². The summed E-state index contributed by atoms with van der Waals surface area (Å²) in [6, 6.07) is 13.3. The fourth-order valence-corrected chi connectivity index (χ4v) is 2.87. The molecule has 2 aromatic carbocycles. The van der Waals surface area contributed by atoms with Gasteiger partial charge in [-0.3, -0.25) is 4.90 Å². The van der Waals surface area contributed by atoms with Gasteiger partial charge in [0.25, 0.3) is 0 Å². The number of aromatic carboxylic acids is 1. The van der Waals surface area contributed by atoms with Crippen LogP contribution in [0.5, 0.6) is 0 Å². The average molecular weight is 350 g/mol. The van der Waals surface area contributed by atoms with Crippen LogP contribution in [0, 0.1) is 11.8 Å². The lowest BCUT2D eigenvalue weighted by atomic mass is 10.1. The van der Waals surface area contributed by atoms with E-state index in [9.17, 15) is 9.90 Å². The first-order valence-corrected chi connectivity index (χ1v) is 8.62. The number of benzene rings is 2. The summed E-state index contributed by atoms with van der Waals surface area (Å²) in [5.41, 5.74) is 3.64. The van der Waals surface area contributed by atoms with Crippen LogP contribution in [0.3, 0.4) is 0 Å². The average Bonchev–Trinajstić information content (AvgIpc) is 2.68. The highest BCUT2D eigenvalue weighted by Crippen LogP contribution is 2.17. The van der Waals surface area contributed by atoms with Gasteiger partial charge in [0, 0.05) is 43.5 Å². The van der Waals surface area contributed by atoms with Crippen LogP contribution < -0.4 is 5.32 Å². The second-order valence-electron chi connectivity index (χ2n) is 6.15. The third-order valence-corrected chi connectivity index (χ3v) is 4.33. The fourth-order valence-electron chi connectivity index (χ4n) is 2.87. The van der Waals surface area contributed by atoms with Gasteiger partial charge in [0.1, 0.15) is 0 Å². The molecule has 0 atom stereocenters. The van der Waals surface area contributed by atoms with E-state index >= 15 is 0 Å². The molecule has 134 valence electrons. The van der Waals surface area contributed by atoms with Gasteiger partial charge in [0.05, 0.1) is 18.8 Å². The minimum atomic E-state index is -0.967. The molecule has 0 amide bonds. The van der Waals surface area contributed by atoms with Crippen molar-refractivity contribution < 1.29 is 14.6 Å². The van der Waals surface area contributed by atoms with Crippen LogP contribution in [0.4, 0.5) is 5.69 Å². The number of hydrogen-bond donors (Lipinski definition) is 2. The second-order valence-corrected chi connectivity index (χ2v) is 6.15. The molecule has 1 aliphatic heterocycles. The molecule has 0 unspecified atom stereocenters. The molecule has 1 heterocycles. The van der Waals surface area contributed by atoms with Crippen molar-refractivity contribution in [2.24, 2.45) is 0 Å². The zero-order valence-electron chi connectivity index (χ0n) is 14.8. The molecule has 2 N–H and O–H groups in total. The number of rotatable bonds is 4. The Morgan fingerprint density at radius 2 is 1.77 bits per heavy atom. The number of anilines is 1. The zero-order valence-corrected chi connectivity index (χ0v) is 14.8. The Labute approximate surface area is 153 Å². The van der Waals surface area contributed by atoms with Gasteiger partial charge in [0.2, 0.25) is 0 Å². The molecule has 0 saturated carbocycles. The Morgan fingerprint density at radius 3 is 2.42 bits per heavy atom. The molecule has 0 spiro atoms. The van der Waals surface area contributed by atoms with Gasteiger partial charge in [0.15, 0.2) is 0 Å². The van der Waals surface area contributed by atoms with E-state index in [1.807, 2.05) is 18.2 Å². The van der Waals surface area contributed by atoms with Crippen molar-refractivity contribution in [3.05, 3.63) is 64.7 Å². The number of carboxylic acid groups (broad SMARTS) is 1. The van der Waals surface area contributed by atoms with E-state index in [2.05, 4.69) is 34.2 Å². The van der Waals surface area contributed by atoms with Crippen molar-refractivity contribution in [1.29, 1.82) is 0 Å². The molecule has 0 aliphatic carbocycles. The molecule has 5 heteroatoms. The van der Waals surface area contributed by atoms with Gasteiger partial charge < -0.3 is 15.2 Å². The van der Waals surface area contributed by atoms with E-state index in [1.165, 1.54) is 5.56 Å². The molecule has 1 saturated heterocycles. The standard InChI is InChI=1S/C21H22N2O3/c1-22-20-9-8-17(14-19(20)21(24)25)5-2-16-3-6-18(7-4-16)15-23-10-12-26-13-11-23/h3-4,6-9,14,22H,10-13,15H2,1H3,(H,24,25). The van der Waals surface area contributed by atoms with Gasteiger partial charge in [-0.1, -0.05) is 24.0 Å². The highest BCUT2D eigenvalue weighted by Gasteiger charge is 2.10. The summed E-state index contributed by atoms with van der Waals surface area (Å²) in [5, 5.41) is 12.1. The largest absolute Gasteiger partial charge is 0.478 e. The first kappa shape index (κ1) is 18.0. The van der Waals surface area contributed by atoms with Crippen molar-refractivity contribution in [3.63, 3.8) is 0 Å². The molecule has 0 bridgehead atoms. The maximum absolute atomic E-state index is 11.3. The molecule has 26 heavy (non-hydrogen) atoms. The number of carbonyl (C=O) groups is 1. The minimum absolute atomic E-state index is 0.222. The molecular weight excluding hydrogens is 328 g/mol. The molecule has 0 radical (unpaired) electrons. The quantitative estimate of drug-likeness (QED) is 0.830. The highest BCUT2D eigenvalue weighted by molar-refractivity contribution is 5.94. The molecule has 0 aromatic heterocycles. The number of nitrogens with zero attached hydrogens (tertiary/aromatic N) is 1. The molecule has 2 aromatic rings. The van der Waals surface area contributed by atoms with Crippen molar-refractivity contribution in [2.45, 2.75) is 6.54 Å². The Kier molecular flexibility index (Phi) is 5.90. The maximum Gasteiger partial charge on any atom is 0.337 e. The number of ether oxygens (including phenoxy) is 1. The Morgan fingerprint density at radius 1 is 1.12 bits per heavy atom. The minimum Gasteiger partial charge on any atom is -0.478 e. The van der Waals surface area contributed by atoms with Crippen molar-refractivity contribution in [1.82, 2.24) is 4.90 Å². The lowest BCUT2D eigenvalue weighted by molar-refractivity contribution is 0.0342. The van der Waals surface area contributed by atoms with Crippen LogP contribution in [-0.4, -0.2) is 49.3 Å². The normalized spacial score (nSPS) is 14.3. The summed E-state index contributed by atoms with van der Waals surface area (Å²) in [5.74, 6) is 5.17. The summed E-state index contributed by atoms with van der Waals surface area (Å²) in [4.78, 5) is 13.7. The van der Waals surface area contributed by atoms with Crippen molar-refractivity contribution in [2.75, 3.05) is 38.7 Å². The smallest absolute Gasteiger partial charge is 0.337 e. The topological polar surface area (TPSA) is 61.8 Å². The van der Waals surface area contributed by atoms with Crippen LogP contribution in [0.1, 0.15) is 27.0 Å². The summed E-state index contributed by atoms with van der Waals surface area (Å²) in [6.07, 6.45) is 0. The third kappa shape index (κ3) is 4.63. The van der Waals surface area contributed by atoms with Crippen LogP contribution in [0.15, 0.2) is 42.5 Å². The van der Waals surface area contributed by atoms with Crippen LogP contribution in [0.25, 0.3) is 0 Å². The molecule has 1 aliphatic rings. The fraction of sp³-hybridized carbons (Fsp3) is 0.286. The number of hydrogen-bond acceptors (Lipinski definition) is 4. The van der Waals surface area contributed by atoms with Gasteiger partial charge in [-0.05, 0) is 35.9 Å². The van der Waals surface area contributed by atoms with Crippen LogP contribution in [0.2, 0.25) is 0 Å². The number of morpholine rings is 1. The lowest BCUT2D eigenvalue weighted by Gasteiger charge is -2.26. The number of carboxylic acids is 1. The predicted molar refractivity (Wildman–Crippen MR) is 101 cm³/mol. The van der Waals surface area contributed by atoms with Gasteiger partial charge in [-0.25, -0.2) is 4.79 Å². The Balaban J connectivity index is 1.70. The summed E-state index contributed by atoms with van der Waals surface area (Å²) in [7, 11) is 1.70. The van der Waals surface area contributed by atoms with E-state index in [-0.39, 0.29) is 5.56 Å². The van der Waals surface area contributed by atoms with E-state index in [0.717, 1.165) is 38.4 Å². The molecular formula is C21H22N2O3. The molecule has 3 rings (SSSR count). The summed E-state index contributed by atoms with van der Waals surface area (Å²) in [6.45, 7) is 4.46. The van der Waals surface area contributed by atoms with E-state index in [0.29, 0.717) is 11.3 Å². The molecule has 1 fully saturated rings. The second kappa shape index (κ2) is 8.52. The SMILES string of the molecule is CNc1ccc(C#Cc2ccc(CN3CCOCC3)cc2)cc1C(=O)O. The van der Waals surface area contributed by atoms with E-state index < -0.39 is 5.97 Å². The first-order chi connectivity index (χ1) is 12.7. The Hall–Kier alpha value is -2.81. The van der Waals surface area contributed by atoms with Crippen molar-refractivity contribution in [3.8, 4) is 11.8 Å². The zero-order chi connectivity index (χ0) is 18.4. The molecule has 5 nitrogen and oxygen atoms in total. The van der Waals surface area contributed by atoms with Gasteiger partial charge >= 0.3 is 5.97 Å². The summed E-state index contributed by atoms with van der Waals surface area (Å²) < 4.78 is 5.37. The number of nitrogens with one attached hydrogen (secondary N) is 1. The van der Waals surface area contributed by atoms with Gasteiger partial charge in [-0.2, -0.15) is 0 Å². The van der Waals surface area contributed by atoms with Crippen LogP contribution in [-0.2, 0) is 11.3 Å². The van der Waals surface area contributed by atoms with Crippen LogP contribution >= 0.6 is 0 Å².